The number of furan rings is 1. The topological polar surface area (TPSA) is 128 Å². The normalized spacial score (nSPS) is 11.5. The number of nitriles is 1. The molecule has 0 spiro atoms. The Morgan fingerprint density at radius 2 is 1.73 bits per heavy atom. The summed E-state index contributed by atoms with van der Waals surface area (Å²) in [6, 6.07) is 23.9. The van der Waals surface area contributed by atoms with E-state index in [1.807, 2.05) is 24.3 Å². The number of hydrogen-bond donors (Lipinski definition) is 2. The number of H-pyrrole nitrogens is 1. The number of aromatic amines is 1. The lowest BCUT2D eigenvalue weighted by Crippen LogP contribution is -2.25. The number of sulfonamides is 1. The highest BCUT2D eigenvalue weighted by Crippen LogP contribution is 2.43. The number of benzene rings is 4. The highest BCUT2D eigenvalue weighted by molar-refractivity contribution is 7.92. The Labute approximate surface area is 258 Å². The zero-order valence-corrected chi connectivity index (χ0v) is 25.5. The van der Waals surface area contributed by atoms with Crippen molar-refractivity contribution in [3.8, 4) is 45.5 Å². The van der Waals surface area contributed by atoms with E-state index in [1.165, 1.54) is 45.5 Å². The Morgan fingerprint density at radius 1 is 1.00 bits per heavy atom. The van der Waals surface area contributed by atoms with Crippen molar-refractivity contribution in [2.75, 3.05) is 31.8 Å². The molecule has 0 radical (unpaired) electrons. The van der Waals surface area contributed by atoms with E-state index in [0.717, 1.165) is 32.7 Å². The van der Waals surface area contributed by atoms with Gasteiger partial charge in [-0.3, -0.25) is 9.10 Å². The summed E-state index contributed by atoms with van der Waals surface area (Å²) in [6.07, 6.45) is 1.09. The lowest BCUT2D eigenvalue weighted by molar-refractivity contribution is 0.0964. The van der Waals surface area contributed by atoms with Gasteiger partial charge in [0.2, 0.25) is 10.0 Å². The van der Waals surface area contributed by atoms with E-state index in [4.69, 9.17) is 9.15 Å². The Hall–Kier alpha value is -5.60. The van der Waals surface area contributed by atoms with Gasteiger partial charge in [0.15, 0.2) is 0 Å². The molecule has 6 rings (SSSR count). The zero-order valence-electron chi connectivity index (χ0n) is 24.7. The van der Waals surface area contributed by atoms with Crippen molar-refractivity contribution in [2.45, 2.75) is 0 Å². The molecule has 6 aromatic rings. The molecule has 1 amide bonds. The molecule has 2 heterocycles. The standard InChI is InChI=1S/C34H27FN4O5S/c1-37-34(40)32-27-15-26(30(39(2)45(4,41)42)17-31(27)44-33(32)19-8-10-23(35)11-9-19)21-12-22(14-24(13-21)43-3)29-16-25-20(18-36)6-5-7-28(25)38-29/h5-17,38H,1-4H3,(H,37,40). The second kappa shape index (κ2) is 11.2. The minimum atomic E-state index is -3.74. The van der Waals surface area contributed by atoms with Crippen molar-refractivity contribution in [2.24, 2.45) is 0 Å². The molecule has 9 nitrogen and oxygen atoms in total. The Morgan fingerprint density at radius 3 is 2.40 bits per heavy atom. The number of ether oxygens (including phenoxy) is 1. The maximum atomic E-state index is 13.7. The predicted molar refractivity (Wildman–Crippen MR) is 172 cm³/mol. The number of rotatable bonds is 7. The number of fused-ring (bicyclic) bond motifs is 2. The number of carbonyl (C=O) groups is 1. The summed E-state index contributed by atoms with van der Waals surface area (Å²) < 4.78 is 52.4. The van der Waals surface area contributed by atoms with Gasteiger partial charge in [0.05, 0.1) is 36.2 Å². The highest BCUT2D eigenvalue weighted by atomic mass is 32.2. The van der Waals surface area contributed by atoms with Crippen LogP contribution in [0.1, 0.15) is 15.9 Å². The van der Waals surface area contributed by atoms with Crippen LogP contribution in [0.3, 0.4) is 0 Å². The van der Waals surface area contributed by atoms with Crippen molar-refractivity contribution in [1.82, 2.24) is 10.3 Å². The zero-order chi connectivity index (χ0) is 32.0. The van der Waals surface area contributed by atoms with Gasteiger partial charge >= 0.3 is 0 Å². The van der Waals surface area contributed by atoms with Crippen molar-refractivity contribution in [1.29, 1.82) is 5.26 Å². The first-order valence-corrected chi connectivity index (χ1v) is 15.6. The van der Waals surface area contributed by atoms with E-state index >= 15 is 0 Å². The predicted octanol–water partition coefficient (Wildman–Crippen LogP) is 6.69. The van der Waals surface area contributed by atoms with E-state index in [9.17, 15) is 22.9 Å². The molecule has 0 aliphatic carbocycles. The monoisotopic (exact) mass is 622 g/mol. The molecule has 0 unspecified atom stereocenters. The average molecular weight is 623 g/mol. The molecule has 0 saturated carbocycles. The van der Waals surface area contributed by atoms with E-state index in [0.29, 0.717) is 39.1 Å². The second-order valence-electron chi connectivity index (χ2n) is 10.5. The van der Waals surface area contributed by atoms with Crippen molar-refractivity contribution < 1.29 is 26.8 Å². The van der Waals surface area contributed by atoms with Crippen LogP contribution in [-0.2, 0) is 10.0 Å². The molecule has 0 fully saturated rings. The lowest BCUT2D eigenvalue weighted by atomic mass is 9.96. The van der Waals surface area contributed by atoms with Crippen molar-refractivity contribution in [3.05, 3.63) is 95.8 Å². The molecule has 0 bridgehead atoms. The summed E-state index contributed by atoms with van der Waals surface area (Å²) in [7, 11) is 0.725. The van der Waals surface area contributed by atoms with Gasteiger partial charge in [-0.1, -0.05) is 6.07 Å². The lowest BCUT2D eigenvalue weighted by Gasteiger charge is -2.21. The largest absolute Gasteiger partial charge is 0.497 e. The molecule has 0 atom stereocenters. The summed E-state index contributed by atoms with van der Waals surface area (Å²) in [5, 5.41) is 13.4. The summed E-state index contributed by atoms with van der Waals surface area (Å²) in [4.78, 5) is 16.6. The first-order valence-electron chi connectivity index (χ1n) is 13.8. The van der Waals surface area contributed by atoms with Gasteiger partial charge in [0.1, 0.15) is 22.9 Å². The Balaban J connectivity index is 1.64. The number of anilines is 1. The van der Waals surface area contributed by atoms with Crippen LogP contribution in [0.2, 0.25) is 0 Å². The molecule has 45 heavy (non-hydrogen) atoms. The van der Waals surface area contributed by atoms with Crippen LogP contribution in [-0.4, -0.2) is 46.8 Å². The van der Waals surface area contributed by atoms with Gasteiger partial charge in [0.25, 0.3) is 5.91 Å². The van der Waals surface area contributed by atoms with Gasteiger partial charge in [0, 0.05) is 58.8 Å². The molecular weight excluding hydrogens is 595 g/mol. The highest BCUT2D eigenvalue weighted by Gasteiger charge is 2.26. The van der Waals surface area contributed by atoms with Crippen molar-refractivity contribution >= 4 is 43.5 Å². The van der Waals surface area contributed by atoms with Crippen molar-refractivity contribution in [3.63, 3.8) is 0 Å². The molecule has 226 valence electrons. The summed E-state index contributed by atoms with van der Waals surface area (Å²) in [5.74, 6) is -0.156. The van der Waals surface area contributed by atoms with Gasteiger partial charge in [-0.05, 0) is 72.3 Å². The minimum absolute atomic E-state index is 0.215. The molecule has 0 aliphatic heterocycles. The number of hydrogen-bond acceptors (Lipinski definition) is 6. The third kappa shape index (κ3) is 5.25. The molecule has 2 N–H and O–H groups in total. The van der Waals surface area contributed by atoms with Crippen LogP contribution in [0.4, 0.5) is 10.1 Å². The summed E-state index contributed by atoms with van der Waals surface area (Å²) in [6.45, 7) is 0. The van der Waals surface area contributed by atoms with Gasteiger partial charge in [-0.2, -0.15) is 5.26 Å². The van der Waals surface area contributed by atoms with E-state index < -0.39 is 21.7 Å². The first-order chi connectivity index (χ1) is 21.5. The summed E-state index contributed by atoms with van der Waals surface area (Å²) >= 11 is 0. The number of nitrogens with zero attached hydrogens (tertiary/aromatic N) is 2. The molecule has 0 aliphatic rings. The SMILES string of the molecule is CNC(=O)c1c(-c2ccc(F)cc2)oc2cc(N(C)S(C)(=O)=O)c(-c3cc(OC)cc(-c4cc5c(C#N)cccc5[nH]4)c3)cc12. The quantitative estimate of drug-likeness (QED) is 0.204. The maximum Gasteiger partial charge on any atom is 0.255 e. The maximum absolute atomic E-state index is 13.7. The second-order valence-corrected chi connectivity index (χ2v) is 12.5. The molecule has 11 heteroatoms. The fourth-order valence-corrected chi connectivity index (χ4v) is 5.90. The van der Waals surface area contributed by atoms with Crippen LogP contribution in [0.5, 0.6) is 5.75 Å². The number of aromatic nitrogens is 1. The number of carbonyl (C=O) groups excluding carboxylic acids is 1. The average Bonchev–Trinajstić information content (AvgIpc) is 3.65. The van der Waals surface area contributed by atoms with E-state index in [-0.39, 0.29) is 16.9 Å². The van der Waals surface area contributed by atoms with Gasteiger partial charge in [-0.15, -0.1) is 0 Å². The molecule has 4 aromatic carbocycles. The fraction of sp³-hybridized carbons (Fsp3) is 0.118. The Kier molecular flexibility index (Phi) is 7.30. The van der Waals surface area contributed by atoms with Crippen LogP contribution in [0, 0.1) is 17.1 Å². The molecule has 2 aromatic heterocycles. The van der Waals surface area contributed by atoms with E-state index in [1.54, 1.807) is 30.3 Å². The molecular formula is C34H27FN4O5S. The number of halogens is 1. The molecule has 0 saturated heterocycles. The van der Waals surface area contributed by atoms with Crippen LogP contribution >= 0.6 is 0 Å². The third-order valence-corrected chi connectivity index (χ3v) is 8.94. The van der Waals surface area contributed by atoms with Crippen LogP contribution < -0.4 is 14.4 Å². The Bertz CT molecular complexity index is 2280. The van der Waals surface area contributed by atoms with Crippen LogP contribution in [0.25, 0.3) is 55.6 Å². The minimum Gasteiger partial charge on any atom is -0.497 e. The number of amides is 1. The fourth-order valence-electron chi connectivity index (χ4n) is 5.39. The first kappa shape index (κ1) is 29.5. The van der Waals surface area contributed by atoms with Crippen LogP contribution in [0.15, 0.2) is 83.3 Å². The smallest absolute Gasteiger partial charge is 0.255 e. The summed E-state index contributed by atoms with van der Waals surface area (Å²) in [5.41, 5.74) is 5.11. The third-order valence-electron chi connectivity index (χ3n) is 7.75. The van der Waals surface area contributed by atoms with Gasteiger partial charge in [-0.25, -0.2) is 12.8 Å². The van der Waals surface area contributed by atoms with E-state index in [2.05, 4.69) is 16.4 Å². The number of nitrogens with one attached hydrogen (secondary N) is 2. The van der Waals surface area contributed by atoms with Gasteiger partial charge < -0.3 is 19.5 Å². The number of methoxy groups -OCH3 is 1.